The minimum Gasteiger partial charge on any atom is -0.455 e. The SMILES string of the molecule is CCN(CC)S(=O)(=O)c1ccc(Oc2ccccc2)c(NC(=O)C2CC(=O)N(C3CCCC3)C2)c1. The standard InChI is InChI=1S/C26H33N3O5S/c1-3-28(4-2)35(32,33)22-14-15-24(34-21-12-6-5-7-13-21)23(17-22)27-26(31)19-16-25(30)29(18-19)20-10-8-9-11-20/h5-7,12-15,17,19-20H,3-4,8-11,16,18H2,1-2H3,(H,27,31). The van der Waals surface area contributed by atoms with Crippen LogP contribution in [0.25, 0.3) is 0 Å². The molecule has 1 heterocycles. The fourth-order valence-corrected chi connectivity index (χ4v) is 6.38. The first-order valence-electron chi connectivity index (χ1n) is 12.3. The first-order chi connectivity index (χ1) is 16.8. The molecule has 2 aromatic rings. The van der Waals surface area contributed by atoms with Gasteiger partial charge < -0.3 is 15.0 Å². The maximum absolute atomic E-state index is 13.2. The van der Waals surface area contributed by atoms with Gasteiger partial charge in [0, 0.05) is 32.1 Å². The number of ether oxygens (including phenoxy) is 1. The van der Waals surface area contributed by atoms with Crippen LogP contribution in [0.3, 0.4) is 0 Å². The van der Waals surface area contributed by atoms with Crippen molar-refractivity contribution >= 4 is 27.5 Å². The highest BCUT2D eigenvalue weighted by atomic mass is 32.2. The van der Waals surface area contributed by atoms with Crippen molar-refractivity contribution in [3.8, 4) is 11.5 Å². The summed E-state index contributed by atoms with van der Waals surface area (Å²) in [4.78, 5) is 27.7. The minimum absolute atomic E-state index is 0.00988. The number of para-hydroxylation sites is 1. The average molecular weight is 500 g/mol. The van der Waals surface area contributed by atoms with Crippen LogP contribution in [-0.4, -0.2) is 55.1 Å². The third-order valence-electron chi connectivity index (χ3n) is 6.82. The molecule has 1 atom stereocenters. The zero-order valence-corrected chi connectivity index (χ0v) is 21.1. The van der Waals surface area contributed by atoms with Crippen molar-refractivity contribution in [2.24, 2.45) is 5.92 Å². The lowest BCUT2D eigenvalue weighted by molar-refractivity contribution is -0.129. The predicted molar refractivity (Wildman–Crippen MR) is 134 cm³/mol. The maximum atomic E-state index is 13.2. The quantitative estimate of drug-likeness (QED) is 0.557. The Labute approximate surface area is 207 Å². The predicted octanol–water partition coefficient (Wildman–Crippen LogP) is 4.24. The summed E-state index contributed by atoms with van der Waals surface area (Å²) in [6.07, 6.45) is 4.36. The zero-order valence-electron chi connectivity index (χ0n) is 20.3. The number of benzene rings is 2. The van der Waals surface area contributed by atoms with Gasteiger partial charge in [0.05, 0.1) is 16.5 Å². The van der Waals surface area contributed by atoms with E-state index < -0.39 is 15.9 Å². The Hall–Kier alpha value is -2.91. The van der Waals surface area contributed by atoms with Gasteiger partial charge in [0.25, 0.3) is 0 Å². The first-order valence-corrected chi connectivity index (χ1v) is 13.7. The van der Waals surface area contributed by atoms with Crippen molar-refractivity contribution in [1.29, 1.82) is 0 Å². The Morgan fingerprint density at radius 2 is 1.77 bits per heavy atom. The number of carbonyl (C=O) groups is 2. The Morgan fingerprint density at radius 1 is 1.09 bits per heavy atom. The Kier molecular flexibility index (Phi) is 7.76. The molecule has 2 aromatic carbocycles. The highest BCUT2D eigenvalue weighted by molar-refractivity contribution is 7.89. The summed E-state index contributed by atoms with van der Waals surface area (Å²) in [5.74, 6) is 0.103. The van der Waals surface area contributed by atoms with Gasteiger partial charge in [-0.25, -0.2) is 8.42 Å². The van der Waals surface area contributed by atoms with Gasteiger partial charge in [-0.15, -0.1) is 0 Å². The van der Waals surface area contributed by atoms with Gasteiger partial charge in [-0.1, -0.05) is 44.9 Å². The molecule has 0 radical (unpaired) electrons. The molecule has 2 amide bonds. The number of anilines is 1. The van der Waals surface area contributed by atoms with Gasteiger partial charge in [0.1, 0.15) is 5.75 Å². The van der Waals surface area contributed by atoms with E-state index in [1.54, 1.807) is 32.0 Å². The van der Waals surface area contributed by atoms with Crippen LogP contribution in [0.2, 0.25) is 0 Å². The first kappa shape index (κ1) is 25.2. The molecule has 1 unspecified atom stereocenters. The number of likely N-dealkylation sites (tertiary alicyclic amines) is 1. The van der Waals surface area contributed by atoms with E-state index in [0.717, 1.165) is 25.7 Å². The highest BCUT2D eigenvalue weighted by Gasteiger charge is 2.39. The van der Waals surface area contributed by atoms with Gasteiger partial charge >= 0.3 is 0 Å². The monoisotopic (exact) mass is 499 g/mol. The molecule has 35 heavy (non-hydrogen) atoms. The van der Waals surface area contributed by atoms with Gasteiger partial charge in [-0.05, 0) is 43.2 Å². The molecule has 2 aliphatic rings. The second-order valence-corrected chi connectivity index (χ2v) is 11.0. The number of nitrogens with one attached hydrogen (secondary N) is 1. The van der Waals surface area contributed by atoms with Crippen molar-refractivity contribution in [3.05, 3.63) is 48.5 Å². The number of amides is 2. The van der Waals surface area contributed by atoms with E-state index in [9.17, 15) is 18.0 Å². The average Bonchev–Trinajstić information content (AvgIpc) is 3.51. The fraction of sp³-hybridized carbons (Fsp3) is 0.462. The van der Waals surface area contributed by atoms with E-state index in [-0.39, 0.29) is 34.9 Å². The number of nitrogens with zero attached hydrogens (tertiary/aromatic N) is 2. The molecule has 0 bridgehead atoms. The molecule has 9 heteroatoms. The molecule has 1 N–H and O–H groups in total. The second-order valence-electron chi connectivity index (χ2n) is 9.04. The molecular formula is C26H33N3O5S. The zero-order chi connectivity index (χ0) is 25.0. The summed E-state index contributed by atoms with van der Waals surface area (Å²) in [7, 11) is -3.73. The molecule has 188 valence electrons. The van der Waals surface area contributed by atoms with Gasteiger partial charge in [-0.2, -0.15) is 4.31 Å². The summed E-state index contributed by atoms with van der Waals surface area (Å²) in [5.41, 5.74) is 0.263. The lowest BCUT2D eigenvalue weighted by atomic mass is 10.1. The third-order valence-corrected chi connectivity index (χ3v) is 8.86. The summed E-state index contributed by atoms with van der Waals surface area (Å²) >= 11 is 0. The summed E-state index contributed by atoms with van der Waals surface area (Å²) in [6, 6.07) is 13.8. The number of rotatable bonds is 9. The van der Waals surface area contributed by atoms with E-state index >= 15 is 0 Å². The molecule has 2 fully saturated rings. The summed E-state index contributed by atoms with van der Waals surface area (Å²) < 4.78 is 33.6. The van der Waals surface area contributed by atoms with Gasteiger partial charge in [0.15, 0.2) is 5.75 Å². The van der Waals surface area contributed by atoms with Crippen molar-refractivity contribution in [1.82, 2.24) is 9.21 Å². The number of sulfonamides is 1. The van der Waals surface area contributed by atoms with Crippen molar-refractivity contribution in [2.45, 2.75) is 56.9 Å². The van der Waals surface area contributed by atoms with Crippen LogP contribution in [0.15, 0.2) is 53.4 Å². The number of hydrogen-bond acceptors (Lipinski definition) is 5. The lowest BCUT2D eigenvalue weighted by Crippen LogP contribution is -2.35. The molecule has 8 nitrogen and oxygen atoms in total. The second kappa shape index (κ2) is 10.8. The molecule has 1 saturated heterocycles. The molecule has 0 spiro atoms. The lowest BCUT2D eigenvalue weighted by Gasteiger charge is -2.24. The highest BCUT2D eigenvalue weighted by Crippen LogP contribution is 2.34. The topological polar surface area (TPSA) is 96.0 Å². The third kappa shape index (κ3) is 5.51. The molecule has 1 saturated carbocycles. The van der Waals surface area contributed by atoms with Crippen LogP contribution in [0, 0.1) is 5.92 Å². The van der Waals surface area contributed by atoms with Crippen LogP contribution in [-0.2, 0) is 19.6 Å². The maximum Gasteiger partial charge on any atom is 0.243 e. The van der Waals surface area contributed by atoms with Crippen LogP contribution in [0.4, 0.5) is 5.69 Å². The Bertz CT molecular complexity index is 1160. The van der Waals surface area contributed by atoms with E-state index in [4.69, 9.17) is 4.74 Å². The normalized spacial score (nSPS) is 18.9. The van der Waals surface area contributed by atoms with Crippen molar-refractivity contribution in [3.63, 3.8) is 0 Å². The van der Waals surface area contributed by atoms with E-state index in [2.05, 4.69) is 5.32 Å². The van der Waals surface area contributed by atoms with E-state index in [1.807, 2.05) is 23.1 Å². The molecule has 1 aliphatic carbocycles. The van der Waals surface area contributed by atoms with Crippen molar-refractivity contribution < 1.29 is 22.7 Å². The molecule has 0 aromatic heterocycles. The van der Waals surface area contributed by atoms with Crippen molar-refractivity contribution in [2.75, 3.05) is 25.0 Å². The van der Waals surface area contributed by atoms with Gasteiger partial charge in [-0.3, -0.25) is 9.59 Å². The van der Waals surface area contributed by atoms with Crippen LogP contribution in [0.1, 0.15) is 46.0 Å². The van der Waals surface area contributed by atoms with Crippen LogP contribution in [0.5, 0.6) is 11.5 Å². The fourth-order valence-electron chi connectivity index (χ4n) is 4.90. The molecule has 1 aliphatic heterocycles. The minimum atomic E-state index is -3.73. The Morgan fingerprint density at radius 3 is 2.43 bits per heavy atom. The Balaban J connectivity index is 1.60. The van der Waals surface area contributed by atoms with Crippen LogP contribution < -0.4 is 10.1 Å². The van der Waals surface area contributed by atoms with E-state index in [0.29, 0.717) is 31.1 Å². The summed E-state index contributed by atoms with van der Waals surface area (Å²) in [6.45, 7) is 4.63. The van der Waals surface area contributed by atoms with Crippen LogP contribution >= 0.6 is 0 Å². The summed E-state index contributed by atoms with van der Waals surface area (Å²) in [5, 5.41) is 2.87. The van der Waals surface area contributed by atoms with Gasteiger partial charge in [0.2, 0.25) is 21.8 Å². The smallest absolute Gasteiger partial charge is 0.243 e. The van der Waals surface area contributed by atoms with E-state index in [1.165, 1.54) is 16.4 Å². The largest absolute Gasteiger partial charge is 0.455 e. The number of hydrogen-bond donors (Lipinski definition) is 1. The molecule has 4 rings (SSSR count). The number of carbonyl (C=O) groups excluding carboxylic acids is 2. The molecular weight excluding hydrogens is 466 g/mol.